The molecule has 0 saturated carbocycles. The molecule has 0 spiro atoms. The predicted octanol–water partition coefficient (Wildman–Crippen LogP) is 5.84. The smallest absolute Gasteiger partial charge is 0.0606 e. The molecule has 0 N–H and O–H groups in total. The molecule has 0 aromatic carbocycles. The van der Waals surface area contributed by atoms with Gasteiger partial charge in [-0.3, -0.25) is 0 Å². The Kier molecular flexibility index (Phi) is 43600. The number of rotatable bonds is 0. The second-order valence-corrected chi connectivity index (χ2v) is 0. The van der Waals surface area contributed by atoms with E-state index in [4.69, 9.17) is 0 Å². The van der Waals surface area contributed by atoms with Gasteiger partial charge in [0.1, 0.15) is 0 Å². The summed E-state index contributed by atoms with van der Waals surface area (Å²) in [4.78, 5) is 0. The van der Waals surface area contributed by atoms with Crippen molar-refractivity contribution in [2.75, 3.05) is 0 Å². The lowest BCUT2D eigenvalue weighted by Crippen LogP contribution is -1.13. The maximum Gasteiger partial charge on any atom is 0.0606 e. The average molecular weight is 238 g/mol. The van der Waals surface area contributed by atoms with Crippen LogP contribution in [0, 0.1) is 0 Å². The van der Waals surface area contributed by atoms with Crippen LogP contribution in [0.4, 0.5) is 0 Å². The largest absolute Gasteiger partial charge is 0.153 e. The summed E-state index contributed by atoms with van der Waals surface area (Å²) in [5.41, 5.74) is 0. The van der Waals surface area contributed by atoms with Gasteiger partial charge in [0.25, 0.3) is 0 Å². The Hall–Kier alpha value is 0.560. The highest BCUT2D eigenvalue weighted by molar-refractivity contribution is 6.92. The zero-order valence-electron chi connectivity index (χ0n) is 11.9. The Bertz CT molecular complexity index is 13.6. The first-order chi connectivity index (χ1) is 6.00. The molecule has 0 aliphatic carbocycles. The van der Waals surface area contributed by atoms with E-state index in [2.05, 4.69) is 15.7 Å². The molecule has 0 aliphatic heterocycles. The van der Waals surface area contributed by atoms with Gasteiger partial charge in [-0.2, -0.15) is 9.90 Å². The van der Waals surface area contributed by atoms with Crippen molar-refractivity contribution < 1.29 is 0 Å². The van der Waals surface area contributed by atoms with E-state index in [0.29, 0.717) is 0 Å². The average Bonchev–Trinajstić information content (AvgIpc) is 2.33. The fourth-order valence-corrected chi connectivity index (χ4v) is 0. The van der Waals surface area contributed by atoms with Gasteiger partial charge in [0, 0.05) is 0 Å². The molecule has 0 amide bonds. The summed E-state index contributed by atoms with van der Waals surface area (Å²) in [5, 5.41) is 0. The highest BCUT2D eigenvalue weighted by atomic mass is 31.0. The van der Waals surface area contributed by atoms with E-state index in [1.54, 1.807) is 0 Å². The van der Waals surface area contributed by atoms with Crippen molar-refractivity contribution >= 4 is 25.6 Å². The van der Waals surface area contributed by atoms with Gasteiger partial charge in [0.05, 0.1) is 15.7 Å². The lowest BCUT2D eigenvalue weighted by molar-refractivity contribution is 1.50. The molecular formula is C12H41B2P. The zero-order valence-corrected chi connectivity index (χ0v) is 13.3. The molecule has 0 aliphatic rings. The van der Waals surface area contributed by atoms with Crippen molar-refractivity contribution in [3.8, 4) is 0 Å². The van der Waals surface area contributed by atoms with Crippen molar-refractivity contribution in [1.82, 2.24) is 0 Å². The Morgan fingerprint density at radius 1 is 0.400 bits per heavy atom. The number of hydrogen-bond donors (Lipinski definition) is 0. The summed E-state index contributed by atoms with van der Waals surface area (Å²) < 4.78 is 0. The molecule has 1 atom stereocenters. The molecule has 0 nitrogen and oxygen atoms in total. The van der Waals surface area contributed by atoms with E-state index in [-0.39, 0.29) is 24.8 Å². The SMILES string of the molecule is C.C.CC.CC.CC.CC.P.[B]C.[B]C. The first-order valence-corrected chi connectivity index (χ1v) is 5.15. The van der Waals surface area contributed by atoms with Crippen LogP contribution in [0.1, 0.15) is 70.2 Å². The highest BCUT2D eigenvalue weighted by Crippen LogP contribution is 1.15. The molecule has 4 radical (unpaired) electrons. The summed E-state index contributed by atoms with van der Waals surface area (Å²) in [5.74, 6) is 0. The fraction of sp³-hybridized carbons (Fsp3) is 1.00. The first kappa shape index (κ1) is 76.7. The summed E-state index contributed by atoms with van der Waals surface area (Å²) in [6, 6.07) is 0. The molecule has 15 heavy (non-hydrogen) atoms. The second-order valence-electron chi connectivity index (χ2n) is 0. The third-order valence-electron chi connectivity index (χ3n) is 0. The van der Waals surface area contributed by atoms with E-state index in [1.165, 1.54) is 13.6 Å². The number of hydrogen-bond acceptors (Lipinski definition) is 0. The Morgan fingerprint density at radius 2 is 0.400 bits per heavy atom. The van der Waals surface area contributed by atoms with Crippen LogP contribution >= 0.6 is 9.90 Å². The fourth-order valence-electron chi connectivity index (χ4n) is 0. The van der Waals surface area contributed by atoms with Gasteiger partial charge in [-0.05, 0) is 0 Å². The predicted molar refractivity (Wildman–Crippen MR) is 93.2 cm³/mol. The van der Waals surface area contributed by atoms with Gasteiger partial charge >= 0.3 is 0 Å². The standard InChI is InChI=1S/4C2H6.2CH3B.2CH4.H3P/c6*1-2;;;/h4*1-2H3;2*1H3;2*1H4;1H3. The van der Waals surface area contributed by atoms with Crippen LogP contribution in [0.5, 0.6) is 0 Å². The second kappa shape index (κ2) is 8540. The van der Waals surface area contributed by atoms with Crippen molar-refractivity contribution in [3.05, 3.63) is 0 Å². The Labute approximate surface area is 110 Å². The van der Waals surface area contributed by atoms with Gasteiger partial charge in [-0.15, -0.1) is 0 Å². The van der Waals surface area contributed by atoms with E-state index in [0.717, 1.165) is 0 Å². The van der Waals surface area contributed by atoms with Crippen molar-refractivity contribution in [3.63, 3.8) is 0 Å². The quantitative estimate of drug-likeness (QED) is 0.367. The van der Waals surface area contributed by atoms with Gasteiger partial charge in [0.2, 0.25) is 0 Å². The first-order valence-electron chi connectivity index (χ1n) is 5.15. The van der Waals surface area contributed by atoms with E-state index in [9.17, 15) is 0 Å². The van der Waals surface area contributed by atoms with Crippen LogP contribution in [0.15, 0.2) is 0 Å². The van der Waals surface area contributed by atoms with Crippen LogP contribution in [0.3, 0.4) is 0 Å². The summed E-state index contributed by atoms with van der Waals surface area (Å²) in [7, 11) is 9.00. The van der Waals surface area contributed by atoms with Gasteiger partial charge < -0.3 is 0 Å². The summed E-state index contributed by atoms with van der Waals surface area (Å²) >= 11 is 0. The van der Waals surface area contributed by atoms with Crippen LogP contribution in [-0.4, -0.2) is 15.7 Å². The van der Waals surface area contributed by atoms with Gasteiger partial charge in [0.15, 0.2) is 0 Å². The van der Waals surface area contributed by atoms with Gasteiger partial charge in [-0.1, -0.05) is 83.9 Å². The van der Waals surface area contributed by atoms with Crippen molar-refractivity contribution in [1.29, 1.82) is 0 Å². The van der Waals surface area contributed by atoms with Crippen LogP contribution in [-0.2, 0) is 0 Å². The molecule has 0 saturated heterocycles. The molecule has 0 bridgehead atoms. The highest BCUT2D eigenvalue weighted by Gasteiger charge is 0.986. The topological polar surface area (TPSA) is 0 Å². The summed E-state index contributed by atoms with van der Waals surface area (Å²) in [6.07, 6.45) is 0. The molecular weight excluding hydrogens is 197 g/mol. The monoisotopic (exact) mass is 238 g/mol. The Morgan fingerprint density at radius 3 is 0.400 bits per heavy atom. The maximum atomic E-state index is 4.50. The lowest BCUT2D eigenvalue weighted by Gasteiger charge is -1.07. The van der Waals surface area contributed by atoms with E-state index >= 15 is 0 Å². The normalized spacial score (nSPS) is 2.27. The Balaban J connectivity index is -0.00000000396. The van der Waals surface area contributed by atoms with Gasteiger partial charge in [-0.25, -0.2) is 0 Å². The molecule has 0 aromatic rings. The summed E-state index contributed by atoms with van der Waals surface area (Å²) in [6.45, 7) is 19.0. The van der Waals surface area contributed by atoms with Crippen molar-refractivity contribution in [2.45, 2.75) is 83.9 Å². The van der Waals surface area contributed by atoms with E-state index in [1.807, 2.05) is 55.4 Å². The molecule has 100 valence electrons. The molecule has 0 aromatic heterocycles. The minimum absolute atomic E-state index is 0. The molecule has 0 fully saturated rings. The van der Waals surface area contributed by atoms with Crippen LogP contribution in [0.2, 0.25) is 13.6 Å². The lowest BCUT2D eigenvalue weighted by atomic mass is 10.2. The minimum Gasteiger partial charge on any atom is -0.153 e. The molecule has 0 heterocycles. The molecule has 0 rings (SSSR count). The van der Waals surface area contributed by atoms with Crippen molar-refractivity contribution in [2.24, 2.45) is 0 Å². The van der Waals surface area contributed by atoms with E-state index < -0.39 is 0 Å². The zero-order chi connectivity index (χ0) is 12.0. The van der Waals surface area contributed by atoms with Crippen LogP contribution in [0.25, 0.3) is 0 Å². The third kappa shape index (κ3) is 7330. The molecule has 3 heteroatoms. The molecule has 1 unspecified atom stereocenters. The maximum absolute atomic E-state index is 4.50. The third-order valence-corrected chi connectivity index (χ3v) is 0. The van der Waals surface area contributed by atoms with Crippen LogP contribution < -0.4 is 0 Å². The minimum atomic E-state index is 0.